The predicted molar refractivity (Wildman–Crippen MR) is 140 cm³/mol. The summed E-state index contributed by atoms with van der Waals surface area (Å²) < 4.78 is 36.8. The van der Waals surface area contributed by atoms with Gasteiger partial charge in [0.05, 0.1) is 30.9 Å². The zero-order valence-corrected chi connectivity index (χ0v) is 21.1. The van der Waals surface area contributed by atoms with E-state index < -0.39 is 36.3 Å². The fourth-order valence-electron chi connectivity index (χ4n) is 4.58. The van der Waals surface area contributed by atoms with Crippen LogP contribution in [-0.4, -0.2) is 66.4 Å². The molecule has 0 aliphatic carbocycles. The minimum absolute atomic E-state index is 0.223. The Kier molecular flexibility index (Phi) is 7.28. The second-order valence-corrected chi connectivity index (χ2v) is 9.05. The first-order chi connectivity index (χ1) is 18.4. The van der Waals surface area contributed by atoms with Crippen LogP contribution in [0.2, 0.25) is 0 Å². The second kappa shape index (κ2) is 10.8. The molecule has 9 nitrogen and oxygen atoms in total. The van der Waals surface area contributed by atoms with Gasteiger partial charge in [-0.3, -0.25) is 5.32 Å². The molecule has 4 aromatic rings. The fourth-order valence-corrected chi connectivity index (χ4v) is 4.58. The first-order valence-corrected chi connectivity index (χ1v) is 12.1. The Hall–Kier alpha value is -3.99. The number of fused-ring (bicyclic) bond motifs is 1. The van der Waals surface area contributed by atoms with Gasteiger partial charge in [-0.15, -0.1) is 0 Å². The van der Waals surface area contributed by atoms with Crippen molar-refractivity contribution in [2.24, 2.45) is 0 Å². The molecule has 1 saturated heterocycles. The SMILES string of the molecule is COC(=O)Nc1ccc(-c2ccc(-c3nc4cc(O[C@@H]5CO[C@H]([C@@H](C)O)[C@@H]5OC)[nH]c4cc3F)cc2)cc1. The Morgan fingerprint density at radius 3 is 2.39 bits per heavy atom. The topological polar surface area (TPSA) is 115 Å². The predicted octanol–water partition coefficient (Wildman–Crippen LogP) is 4.76. The van der Waals surface area contributed by atoms with Gasteiger partial charge in [0, 0.05) is 30.5 Å². The van der Waals surface area contributed by atoms with Crippen molar-refractivity contribution >= 4 is 22.8 Å². The van der Waals surface area contributed by atoms with E-state index in [2.05, 4.69) is 20.0 Å². The molecule has 0 bridgehead atoms. The number of methoxy groups -OCH3 is 2. The minimum Gasteiger partial charge on any atom is -0.470 e. The molecule has 0 spiro atoms. The summed E-state index contributed by atoms with van der Waals surface area (Å²) in [6, 6.07) is 17.8. The number of benzene rings is 2. The molecule has 2 aromatic heterocycles. The van der Waals surface area contributed by atoms with E-state index in [0.29, 0.717) is 28.2 Å². The minimum atomic E-state index is -0.705. The summed E-state index contributed by atoms with van der Waals surface area (Å²) in [6.45, 7) is 1.90. The van der Waals surface area contributed by atoms with Crippen molar-refractivity contribution in [1.82, 2.24) is 9.97 Å². The number of ether oxygens (including phenoxy) is 4. The molecule has 4 atom stereocenters. The largest absolute Gasteiger partial charge is 0.470 e. The highest BCUT2D eigenvalue weighted by Gasteiger charge is 2.42. The highest BCUT2D eigenvalue weighted by molar-refractivity contribution is 5.85. The van der Waals surface area contributed by atoms with Gasteiger partial charge in [-0.05, 0) is 30.2 Å². The van der Waals surface area contributed by atoms with Crippen molar-refractivity contribution in [3.63, 3.8) is 0 Å². The molecule has 10 heteroatoms. The normalized spacial score (nSPS) is 19.9. The number of pyridine rings is 1. The van der Waals surface area contributed by atoms with E-state index in [0.717, 1.165) is 11.1 Å². The van der Waals surface area contributed by atoms with Crippen molar-refractivity contribution < 1.29 is 33.2 Å². The molecule has 0 unspecified atom stereocenters. The molecule has 198 valence electrons. The van der Waals surface area contributed by atoms with E-state index in [1.807, 2.05) is 36.4 Å². The average molecular weight is 522 g/mol. The van der Waals surface area contributed by atoms with Crippen molar-refractivity contribution in [3.05, 3.63) is 66.5 Å². The lowest BCUT2D eigenvalue weighted by atomic mass is 10.0. The van der Waals surface area contributed by atoms with Gasteiger partial charge < -0.3 is 29.0 Å². The molecule has 3 heterocycles. The molecular formula is C28H28FN3O6. The molecule has 1 amide bonds. The van der Waals surface area contributed by atoms with Crippen LogP contribution in [0.25, 0.3) is 33.4 Å². The summed E-state index contributed by atoms with van der Waals surface area (Å²) in [5.41, 5.74) is 4.38. The lowest BCUT2D eigenvalue weighted by molar-refractivity contribution is -0.0582. The molecule has 1 fully saturated rings. The number of hydrogen-bond acceptors (Lipinski definition) is 7. The Balaban J connectivity index is 1.33. The lowest BCUT2D eigenvalue weighted by Crippen LogP contribution is -2.41. The number of nitrogens with zero attached hydrogens (tertiary/aromatic N) is 1. The van der Waals surface area contributed by atoms with Crippen LogP contribution in [-0.2, 0) is 14.2 Å². The highest BCUT2D eigenvalue weighted by Crippen LogP contribution is 2.31. The maximum absolute atomic E-state index is 15.0. The van der Waals surface area contributed by atoms with E-state index in [-0.39, 0.29) is 12.3 Å². The van der Waals surface area contributed by atoms with Crippen LogP contribution >= 0.6 is 0 Å². The number of hydrogen-bond donors (Lipinski definition) is 3. The van der Waals surface area contributed by atoms with Crippen LogP contribution in [0.15, 0.2) is 60.7 Å². The van der Waals surface area contributed by atoms with E-state index in [9.17, 15) is 9.90 Å². The number of anilines is 1. The number of amides is 1. The summed E-state index contributed by atoms with van der Waals surface area (Å²) in [6.07, 6.45) is -2.61. The number of carbonyl (C=O) groups is 1. The zero-order valence-electron chi connectivity index (χ0n) is 21.1. The van der Waals surface area contributed by atoms with Crippen molar-refractivity contribution in [2.75, 3.05) is 26.1 Å². The van der Waals surface area contributed by atoms with E-state index in [1.165, 1.54) is 13.2 Å². The Bertz CT molecular complexity index is 1420. The zero-order chi connectivity index (χ0) is 26.8. The number of aromatic amines is 1. The van der Waals surface area contributed by atoms with E-state index in [1.54, 1.807) is 32.2 Å². The monoisotopic (exact) mass is 521 g/mol. The second-order valence-electron chi connectivity index (χ2n) is 9.05. The molecule has 38 heavy (non-hydrogen) atoms. The smallest absolute Gasteiger partial charge is 0.411 e. The number of aliphatic hydroxyl groups is 1. The third-order valence-electron chi connectivity index (χ3n) is 6.51. The molecule has 3 N–H and O–H groups in total. The summed E-state index contributed by atoms with van der Waals surface area (Å²) in [7, 11) is 2.85. The molecule has 1 aliphatic heterocycles. The maximum atomic E-state index is 15.0. The van der Waals surface area contributed by atoms with Crippen LogP contribution in [0, 0.1) is 5.82 Å². The Morgan fingerprint density at radius 1 is 1.11 bits per heavy atom. The Labute approximate surface area is 218 Å². The van der Waals surface area contributed by atoms with Gasteiger partial charge in [-0.1, -0.05) is 36.4 Å². The standard InChI is InChI=1S/C28H28FN3O6/c1-15(33)26-27(35-2)23(14-37-26)38-24-13-22-21(31-24)12-20(29)25(32-22)18-6-4-16(5-7-18)17-8-10-19(11-9-17)30-28(34)36-3/h4-13,15,23,26-27,31,33H,14H2,1-3H3,(H,30,34)/t15-,23-,26-,27-/m1/s1. The third kappa shape index (κ3) is 5.19. The van der Waals surface area contributed by atoms with E-state index in [4.69, 9.17) is 14.2 Å². The van der Waals surface area contributed by atoms with E-state index >= 15 is 4.39 Å². The van der Waals surface area contributed by atoms with Crippen molar-refractivity contribution in [1.29, 1.82) is 0 Å². The van der Waals surface area contributed by atoms with Crippen LogP contribution in [0.1, 0.15) is 6.92 Å². The van der Waals surface area contributed by atoms with Gasteiger partial charge in [-0.25, -0.2) is 14.2 Å². The number of carbonyl (C=O) groups excluding carboxylic acids is 1. The first-order valence-electron chi connectivity index (χ1n) is 12.1. The van der Waals surface area contributed by atoms with Crippen LogP contribution in [0.5, 0.6) is 5.88 Å². The van der Waals surface area contributed by atoms with Crippen LogP contribution in [0.3, 0.4) is 0 Å². The lowest BCUT2D eigenvalue weighted by Gasteiger charge is -2.23. The van der Waals surface area contributed by atoms with Gasteiger partial charge in [0.25, 0.3) is 0 Å². The number of nitrogens with one attached hydrogen (secondary N) is 2. The fraction of sp³-hybridized carbons (Fsp3) is 0.286. The highest BCUT2D eigenvalue weighted by atomic mass is 19.1. The van der Waals surface area contributed by atoms with Gasteiger partial charge in [-0.2, -0.15) is 0 Å². The quantitative estimate of drug-likeness (QED) is 0.321. The van der Waals surface area contributed by atoms with Gasteiger partial charge >= 0.3 is 6.09 Å². The number of halogens is 1. The number of rotatable bonds is 7. The summed E-state index contributed by atoms with van der Waals surface area (Å²) in [5, 5.41) is 12.5. The number of aliphatic hydroxyl groups excluding tert-OH is 1. The number of aromatic nitrogens is 2. The summed E-state index contributed by atoms with van der Waals surface area (Å²) in [5.74, 6) is -0.0588. The van der Waals surface area contributed by atoms with Gasteiger partial charge in [0.1, 0.15) is 17.9 Å². The van der Waals surface area contributed by atoms with Crippen molar-refractivity contribution in [2.45, 2.75) is 31.3 Å². The summed E-state index contributed by atoms with van der Waals surface area (Å²) >= 11 is 0. The maximum Gasteiger partial charge on any atom is 0.411 e. The van der Waals surface area contributed by atoms with Gasteiger partial charge in [0.2, 0.25) is 0 Å². The molecule has 2 aromatic carbocycles. The average Bonchev–Trinajstić information content (AvgIpc) is 3.51. The molecule has 0 radical (unpaired) electrons. The molecular weight excluding hydrogens is 493 g/mol. The van der Waals surface area contributed by atoms with Crippen LogP contribution < -0.4 is 10.1 Å². The van der Waals surface area contributed by atoms with Gasteiger partial charge in [0.15, 0.2) is 17.8 Å². The molecule has 5 rings (SSSR count). The molecule has 1 aliphatic rings. The molecule has 0 saturated carbocycles. The van der Waals surface area contributed by atoms with Crippen molar-refractivity contribution in [3.8, 4) is 28.3 Å². The summed E-state index contributed by atoms with van der Waals surface area (Å²) in [4.78, 5) is 18.9. The van der Waals surface area contributed by atoms with Crippen LogP contribution in [0.4, 0.5) is 14.9 Å². The first kappa shape index (κ1) is 25.7. The Morgan fingerprint density at radius 2 is 1.76 bits per heavy atom. The number of H-pyrrole nitrogens is 1. The third-order valence-corrected chi connectivity index (χ3v) is 6.51.